The number of rotatable bonds is 3. The summed E-state index contributed by atoms with van der Waals surface area (Å²) in [6.45, 7) is 2.10. The van der Waals surface area contributed by atoms with Gasteiger partial charge >= 0.3 is 6.18 Å². The minimum atomic E-state index is -4.44. The third kappa shape index (κ3) is 5.19. The van der Waals surface area contributed by atoms with Crippen LogP contribution in [0.25, 0.3) is 0 Å². The molecule has 3 rings (SSSR count). The van der Waals surface area contributed by atoms with Gasteiger partial charge in [-0.2, -0.15) is 13.2 Å². The van der Waals surface area contributed by atoms with Gasteiger partial charge in [-0.3, -0.25) is 10.1 Å². The van der Waals surface area contributed by atoms with E-state index >= 15 is 0 Å². The van der Waals surface area contributed by atoms with Crippen LogP contribution in [0.1, 0.15) is 16.0 Å². The van der Waals surface area contributed by atoms with Crippen LogP contribution in [0.15, 0.2) is 24.4 Å². The van der Waals surface area contributed by atoms with Crippen molar-refractivity contribution in [2.75, 3.05) is 31.6 Å². The largest absolute Gasteiger partial charge is 0.416 e. The SMILES string of the molecule is O=C(Nc1ncc(Cc2cc(C(F)(F)F)ccc2Cl)s1)C(=S)N1CCOCC1. The maximum Gasteiger partial charge on any atom is 0.416 e. The van der Waals surface area contributed by atoms with E-state index in [4.69, 9.17) is 28.6 Å². The number of nitrogens with zero attached hydrogens (tertiary/aromatic N) is 2. The van der Waals surface area contributed by atoms with Gasteiger partial charge in [0.1, 0.15) is 0 Å². The molecule has 1 aliphatic rings. The molecule has 2 aromatic rings. The number of carbonyl (C=O) groups excluding carboxylic acids is 1. The van der Waals surface area contributed by atoms with Gasteiger partial charge in [0, 0.05) is 35.6 Å². The van der Waals surface area contributed by atoms with Gasteiger partial charge in [-0.15, -0.1) is 11.3 Å². The van der Waals surface area contributed by atoms with Crippen molar-refractivity contribution in [2.24, 2.45) is 0 Å². The van der Waals surface area contributed by atoms with E-state index in [0.29, 0.717) is 41.9 Å². The standard InChI is InChI=1S/C17H15ClF3N3O2S2/c18-13-2-1-11(17(19,20)21)7-10(13)8-12-9-22-16(28-12)23-14(25)15(27)24-3-5-26-6-4-24/h1-2,7,9H,3-6,8H2,(H,22,23,25). The topological polar surface area (TPSA) is 54.5 Å². The summed E-state index contributed by atoms with van der Waals surface area (Å²) in [5.74, 6) is -0.449. The van der Waals surface area contributed by atoms with Crippen molar-refractivity contribution in [2.45, 2.75) is 12.6 Å². The number of anilines is 1. The number of morpholine rings is 1. The van der Waals surface area contributed by atoms with Gasteiger partial charge in [-0.1, -0.05) is 23.8 Å². The number of hydrogen-bond acceptors (Lipinski definition) is 5. The van der Waals surface area contributed by atoms with E-state index in [2.05, 4.69) is 10.3 Å². The first-order chi connectivity index (χ1) is 13.2. The Morgan fingerprint density at radius 2 is 2.07 bits per heavy atom. The zero-order valence-corrected chi connectivity index (χ0v) is 16.8. The molecular weight excluding hydrogens is 435 g/mol. The minimum Gasteiger partial charge on any atom is -0.378 e. The molecule has 1 saturated heterocycles. The van der Waals surface area contributed by atoms with Gasteiger partial charge in [0.25, 0.3) is 5.91 Å². The van der Waals surface area contributed by atoms with Crippen LogP contribution in [0.4, 0.5) is 18.3 Å². The molecule has 1 aliphatic heterocycles. The lowest BCUT2D eigenvalue weighted by Gasteiger charge is -2.28. The Morgan fingerprint density at radius 1 is 1.36 bits per heavy atom. The summed E-state index contributed by atoms with van der Waals surface area (Å²) in [7, 11) is 0. The second-order valence-electron chi connectivity index (χ2n) is 5.97. The molecule has 1 fully saturated rings. The number of carbonyl (C=O) groups is 1. The molecule has 0 atom stereocenters. The molecule has 0 aliphatic carbocycles. The number of alkyl halides is 3. The highest BCUT2D eigenvalue weighted by atomic mass is 35.5. The number of nitrogens with one attached hydrogen (secondary N) is 1. The fourth-order valence-electron chi connectivity index (χ4n) is 2.58. The highest BCUT2D eigenvalue weighted by Crippen LogP contribution is 2.33. The number of amides is 1. The summed E-state index contributed by atoms with van der Waals surface area (Å²) in [5, 5.41) is 3.18. The van der Waals surface area contributed by atoms with E-state index in [9.17, 15) is 18.0 Å². The fourth-order valence-corrected chi connectivity index (χ4v) is 3.83. The lowest BCUT2D eigenvalue weighted by Crippen LogP contribution is -2.44. The Bertz CT molecular complexity index is 883. The monoisotopic (exact) mass is 449 g/mol. The predicted molar refractivity (Wildman–Crippen MR) is 105 cm³/mol. The molecule has 1 aromatic carbocycles. The van der Waals surface area contributed by atoms with Crippen LogP contribution in [0, 0.1) is 0 Å². The minimum absolute atomic E-state index is 0.154. The van der Waals surface area contributed by atoms with Crippen LogP contribution in [-0.4, -0.2) is 47.1 Å². The summed E-state index contributed by atoms with van der Waals surface area (Å²) >= 11 is 12.4. The highest BCUT2D eigenvalue weighted by Gasteiger charge is 2.31. The number of ether oxygens (including phenoxy) is 1. The summed E-state index contributed by atoms with van der Waals surface area (Å²) in [6.07, 6.45) is -2.78. The van der Waals surface area contributed by atoms with Crippen LogP contribution < -0.4 is 5.32 Å². The van der Waals surface area contributed by atoms with E-state index in [-0.39, 0.29) is 16.4 Å². The number of thiazole rings is 1. The number of thiocarbonyl (C=S) groups is 1. The Hall–Kier alpha value is -1.75. The fraction of sp³-hybridized carbons (Fsp3) is 0.353. The summed E-state index contributed by atoms with van der Waals surface area (Å²) in [6, 6.07) is 3.19. The molecule has 0 radical (unpaired) electrons. The molecule has 5 nitrogen and oxygen atoms in total. The lowest BCUT2D eigenvalue weighted by atomic mass is 10.1. The first-order valence-corrected chi connectivity index (χ1v) is 9.82. The van der Waals surface area contributed by atoms with E-state index < -0.39 is 17.6 Å². The van der Waals surface area contributed by atoms with Gasteiger partial charge in [0.05, 0.1) is 18.8 Å². The molecule has 0 saturated carbocycles. The summed E-state index contributed by atoms with van der Waals surface area (Å²) < 4.78 is 43.9. The second kappa shape index (κ2) is 8.73. The smallest absolute Gasteiger partial charge is 0.378 e. The molecule has 0 bridgehead atoms. The van der Waals surface area contributed by atoms with Crippen molar-refractivity contribution in [3.8, 4) is 0 Å². The molecule has 11 heteroatoms. The van der Waals surface area contributed by atoms with Crippen molar-refractivity contribution in [3.63, 3.8) is 0 Å². The molecule has 150 valence electrons. The summed E-state index contributed by atoms with van der Waals surface area (Å²) in [5.41, 5.74) is -0.428. The van der Waals surface area contributed by atoms with Gasteiger partial charge < -0.3 is 9.64 Å². The Morgan fingerprint density at radius 3 is 2.75 bits per heavy atom. The van der Waals surface area contributed by atoms with Gasteiger partial charge in [-0.05, 0) is 23.8 Å². The lowest BCUT2D eigenvalue weighted by molar-refractivity contribution is -0.137. The highest BCUT2D eigenvalue weighted by molar-refractivity contribution is 7.82. The van der Waals surface area contributed by atoms with E-state index in [1.165, 1.54) is 12.3 Å². The van der Waals surface area contributed by atoms with Crippen molar-refractivity contribution >= 4 is 51.2 Å². The van der Waals surface area contributed by atoms with Crippen LogP contribution in [0.2, 0.25) is 5.02 Å². The van der Waals surface area contributed by atoms with E-state index in [0.717, 1.165) is 23.5 Å². The second-order valence-corrected chi connectivity index (χ2v) is 7.88. The van der Waals surface area contributed by atoms with Crippen molar-refractivity contribution < 1.29 is 22.7 Å². The van der Waals surface area contributed by atoms with Crippen molar-refractivity contribution in [3.05, 3.63) is 45.4 Å². The third-order valence-corrected chi connectivity index (χ3v) is 5.73. The number of benzene rings is 1. The third-order valence-electron chi connectivity index (χ3n) is 4.00. The van der Waals surface area contributed by atoms with E-state index in [1.807, 2.05) is 0 Å². The average Bonchev–Trinajstić information content (AvgIpc) is 3.09. The molecule has 0 spiro atoms. The molecule has 1 aromatic heterocycles. The molecule has 1 amide bonds. The van der Waals surface area contributed by atoms with Gasteiger partial charge in [-0.25, -0.2) is 4.98 Å². The van der Waals surface area contributed by atoms with Crippen LogP contribution in [0.3, 0.4) is 0 Å². The quantitative estimate of drug-likeness (QED) is 0.718. The molecule has 0 unspecified atom stereocenters. The van der Waals surface area contributed by atoms with Crippen molar-refractivity contribution in [1.82, 2.24) is 9.88 Å². The normalized spacial score (nSPS) is 14.8. The zero-order chi connectivity index (χ0) is 20.3. The maximum absolute atomic E-state index is 12.9. The molecule has 1 N–H and O–H groups in total. The molecule has 2 heterocycles. The first kappa shape index (κ1) is 21.0. The molecular formula is C17H15ClF3N3O2S2. The predicted octanol–water partition coefficient (Wildman–Crippen LogP) is 4.00. The Labute approximate surface area is 173 Å². The van der Waals surface area contributed by atoms with Crippen LogP contribution in [-0.2, 0) is 22.1 Å². The van der Waals surface area contributed by atoms with Crippen LogP contribution >= 0.6 is 35.2 Å². The van der Waals surface area contributed by atoms with Crippen LogP contribution in [0.5, 0.6) is 0 Å². The Balaban J connectivity index is 1.66. The number of aromatic nitrogens is 1. The maximum atomic E-state index is 12.9. The zero-order valence-electron chi connectivity index (χ0n) is 14.4. The average molecular weight is 450 g/mol. The van der Waals surface area contributed by atoms with Gasteiger partial charge in [0.2, 0.25) is 0 Å². The van der Waals surface area contributed by atoms with E-state index in [1.54, 1.807) is 4.90 Å². The number of halogens is 4. The summed E-state index contributed by atoms with van der Waals surface area (Å²) in [4.78, 5) is 18.9. The Kier molecular flexibility index (Phi) is 6.54. The number of hydrogen-bond donors (Lipinski definition) is 1. The molecule has 28 heavy (non-hydrogen) atoms. The van der Waals surface area contributed by atoms with Crippen molar-refractivity contribution in [1.29, 1.82) is 0 Å². The van der Waals surface area contributed by atoms with Gasteiger partial charge in [0.15, 0.2) is 10.1 Å². The first-order valence-electron chi connectivity index (χ1n) is 8.22.